The number of nitrogens with one attached hydrogen (secondary N) is 3. The van der Waals surface area contributed by atoms with E-state index in [2.05, 4.69) is 35.3 Å². The summed E-state index contributed by atoms with van der Waals surface area (Å²) in [7, 11) is -3.24. The van der Waals surface area contributed by atoms with Crippen molar-refractivity contribution in [1.29, 1.82) is 0 Å². The Balaban J connectivity index is 1.78. The van der Waals surface area contributed by atoms with Gasteiger partial charge >= 0.3 is 0 Å². The van der Waals surface area contributed by atoms with Crippen LogP contribution in [0, 0.1) is 5.82 Å². The van der Waals surface area contributed by atoms with Gasteiger partial charge in [0.15, 0.2) is 0 Å². The molecule has 0 fully saturated rings. The van der Waals surface area contributed by atoms with Gasteiger partial charge in [0.1, 0.15) is 18.0 Å². The van der Waals surface area contributed by atoms with Crippen molar-refractivity contribution in [1.82, 2.24) is 24.7 Å². The molecule has 0 aliphatic rings. The molecular weight excluding hydrogens is 433 g/mol. The molecule has 0 spiro atoms. The van der Waals surface area contributed by atoms with Crippen molar-refractivity contribution in [3.05, 3.63) is 54.0 Å². The van der Waals surface area contributed by atoms with Crippen molar-refractivity contribution in [2.45, 2.75) is 6.42 Å². The number of aromatic nitrogens is 4. The number of hydrogen-bond acceptors (Lipinski definition) is 8. The minimum Gasteiger partial charge on any atom is -0.369 e. The Morgan fingerprint density at radius 3 is 2.60 bits per heavy atom. The molecule has 0 radical (unpaired) electrons. The summed E-state index contributed by atoms with van der Waals surface area (Å²) in [4.78, 5) is 16.8. The Labute approximate surface area is 178 Å². The van der Waals surface area contributed by atoms with E-state index < -0.39 is 15.8 Å². The highest BCUT2D eigenvalue weighted by molar-refractivity contribution is 7.88. The third-order valence-electron chi connectivity index (χ3n) is 3.85. The van der Waals surface area contributed by atoms with Gasteiger partial charge in [-0.1, -0.05) is 11.6 Å². The third-order valence-corrected chi connectivity index (χ3v) is 4.86. The fourth-order valence-corrected chi connectivity index (χ4v) is 3.18. The summed E-state index contributed by atoms with van der Waals surface area (Å²) in [6.45, 7) is 0.752. The minimum atomic E-state index is -3.24. The Kier molecular flexibility index (Phi) is 7.08. The van der Waals surface area contributed by atoms with Gasteiger partial charge in [0, 0.05) is 48.5 Å². The summed E-state index contributed by atoms with van der Waals surface area (Å²) in [6.07, 6.45) is 7.94. The quantitative estimate of drug-likeness (QED) is 0.424. The van der Waals surface area contributed by atoms with E-state index in [1.165, 1.54) is 24.5 Å². The molecule has 3 rings (SSSR count). The maximum Gasteiger partial charge on any atom is 0.229 e. The number of anilines is 3. The second-order valence-electron chi connectivity index (χ2n) is 6.28. The zero-order chi connectivity index (χ0) is 21.6. The molecule has 12 heteroatoms. The molecule has 2 aromatic heterocycles. The van der Waals surface area contributed by atoms with E-state index in [4.69, 9.17) is 11.6 Å². The number of halogens is 2. The average molecular weight is 452 g/mol. The molecule has 0 amide bonds. The SMILES string of the molecule is CS(=O)(=O)NCCCNc1nc(Nc2ccc(F)c(Cl)c2)ncc1-c1cncnc1. The zero-order valence-electron chi connectivity index (χ0n) is 15.9. The van der Waals surface area contributed by atoms with Gasteiger partial charge in [0.05, 0.1) is 11.3 Å². The van der Waals surface area contributed by atoms with E-state index in [9.17, 15) is 12.8 Å². The first-order valence-electron chi connectivity index (χ1n) is 8.85. The highest BCUT2D eigenvalue weighted by Crippen LogP contribution is 2.27. The Morgan fingerprint density at radius 1 is 1.13 bits per heavy atom. The first kappa shape index (κ1) is 21.8. The van der Waals surface area contributed by atoms with Crippen LogP contribution in [0.25, 0.3) is 11.1 Å². The smallest absolute Gasteiger partial charge is 0.229 e. The lowest BCUT2D eigenvalue weighted by atomic mass is 10.1. The molecule has 0 unspecified atom stereocenters. The van der Waals surface area contributed by atoms with E-state index in [-0.39, 0.29) is 11.0 Å². The van der Waals surface area contributed by atoms with E-state index in [0.29, 0.717) is 42.1 Å². The lowest BCUT2D eigenvalue weighted by Gasteiger charge is -2.13. The second-order valence-corrected chi connectivity index (χ2v) is 8.52. The molecule has 2 heterocycles. The van der Waals surface area contributed by atoms with Gasteiger partial charge in [-0.2, -0.15) is 4.98 Å². The van der Waals surface area contributed by atoms with E-state index in [0.717, 1.165) is 6.26 Å². The average Bonchev–Trinajstić information content (AvgIpc) is 2.70. The normalized spacial score (nSPS) is 11.3. The summed E-state index contributed by atoms with van der Waals surface area (Å²) in [6, 6.07) is 4.20. The third kappa shape index (κ3) is 6.31. The molecule has 30 heavy (non-hydrogen) atoms. The topological polar surface area (TPSA) is 122 Å². The second kappa shape index (κ2) is 9.74. The molecular formula is C18H19ClFN7O2S. The van der Waals surface area contributed by atoms with Gasteiger partial charge in [0.2, 0.25) is 16.0 Å². The van der Waals surface area contributed by atoms with Gasteiger partial charge < -0.3 is 10.6 Å². The predicted octanol–water partition coefficient (Wildman–Crippen LogP) is 2.82. The van der Waals surface area contributed by atoms with Crippen molar-refractivity contribution in [2.24, 2.45) is 0 Å². The summed E-state index contributed by atoms with van der Waals surface area (Å²) in [5.74, 6) is 0.262. The Morgan fingerprint density at radius 2 is 1.90 bits per heavy atom. The Hall–Kier alpha value is -2.89. The minimum absolute atomic E-state index is 0.0187. The molecule has 0 bridgehead atoms. The van der Waals surface area contributed by atoms with Gasteiger partial charge in [-0.15, -0.1) is 0 Å². The van der Waals surface area contributed by atoms with Crippen LogP contribution >= 0.6 is 11.6 Å². The van der Waals surface area contributed by atoms with Crippen LogP contribution in [0.5, 0.6) is 0 Å². The van der Waals surface area contributed by atoms with Crippen molar-refractivity contribution < 1.29 is 12.8 Å². The fourth-order valence-electron chi connectivity index (χ4n) is 2.48. The van der Waals surface area contributed by atoms with Crippen LogP contribution in [0.4, 0.5) is 21.8 Å². The van der Waals surface area contributed by atoms with Crippen LogP contribution in [0.3, 0.4) is 0 Å². The van der Waals surface area contributed by atoms with Gasteiger partial charge in [-0.3, -0.25) is 0 Å². The largest absolute Gasteiger partial charge is 0.369 e. The van der Waals surface area contributed by atoms with E-state index in [1.54, 1.807) is 18.6 Å². The number of benzene rings is 1. The van der Waals surface area contributed by atoms with Crippen LogP contribution in [-0.4, -0.2) is 47.7 Å². The van der Waals surface area contributed by atoms with Crippen molar-refractivity contribution >= 4 is 39.1 Å². The molecule has 0 aliphatic heterocycles. The fraction of sp³-hybridized carbons (Fsp3) is 0.222. The lowest BCUT2D eigenvalue weighted by molar-refractivity contribution is 0.586. The number of rotatable bonds is 9. The molecule has 3 N–H and O–H groups in total. The van der Waals surface area contributed by atoms with Crippen LogP contribution in [0.1, 0.15) is 6.42 Å². The molecule has 0 saturated carbocycles. The lowest BCUT2D eigenvalue weighted by Crippen LogP contribution is -2.24. The number of nitrogens with zero attached hydrogens (tertiary/aromatic N) is 4. The van der Waals surface area contributed by atoms with Gasteiger partial charge in [-0.25, -0.2) is 32.5 Å². The molecule has 0 atom stereocenters. The maximum atomic E-state index is 13.4. The predicted molar refractivity (Wildman–Crippen MR) is 114 cm³/mol. The molecule has 0 saturated heterocycles. The van der Waals surface area contributed by atoms with Crippen LogP contribution in [0.2, 0.25) is 5.02 Å². The van der Waals surface area contributed by atoms with Crippen molar-refractivity contribution in [3.63, 3.8) is 0 Å². The van der Waals surface area contributed by atoms with Crippen LogP contribution < -0.4 is 15.4 Å². The van der Waals surface area contributed by atoms with E-state index >= 15 is 0 Å². The van der Waals surface area contributed by atoms with Crippen LogP contribution in [-0.2, 0) is 10.0 Å². The summed E-state index contributed by atoms with van der Waals surface area (Å²) in [5.41, 5.74) is 1.92. The van der Waals surface area contributed by atoms with Crippen molar-refractivity contribution in [2.75, 3.05) is 30.0 Å². The first-order valence-corrected chi connectivity index (χ1v) is 11.1. The van der Waals surface area contributed by atoms with E-state index in [1.807, 2.05) is 0 Å². The summed E-state index contributed by atoms with van der Waals surface area (Å²) in [5, 5.41) is 6.13. The van der Waals surface area contributed by atoms with Crippen molar-refractivity contribution in [3.8, 4) is 11.1 Å². The van der Waals surface area contributed by atoms with Crippen LogP contribution in [0.15, 0.2) is 43.1 Å². The monoisotopic (exact) mass is 451 g/mol. The number of sulfonamides is 1. The zero-order valence-corrected chi connectivity index (χ0v) is 17.5. The molecule has 158 valence electrons. The maximum absolute atomic E-state index is 13.4. The number of hydrogen-bond donors (Lipinski definition) is 3. The summed E-state index contributed by atoms with van der Waals surface area (Å²) < 4.78 is 38.1. The Bertz CT molecular complexity index is 1120. The molecule has 3 aromatic rings. The molecule has 9 nitrogen and oxygen atoms in total. The highest BCUT2D eigenvalue weighted by Gasteiger charge is 2.11. The van der Waals surface area contributed by atoms with Gasteiger partial charge in [-0.05, 0) is 24.6 Å². The molecule has 0 aliphatic carbocycles. The first-order chi connectivity index (χ1) is 14.3. The standard InChI is InChI=1S/C18H19ClFN7O2S/c1-30(28,29)25-6-2-5-23-17-14(12-8-21-11-22-9-12)10-24-18(27-17)26-13-3-4-16(20)15(19)7-13/h3-4,7-11,25H,2,5-6H2,1H3,(H2,23,24,26,27). The van der Waals surface area contributed by atoms with Gasteiger partial charge in [0.25, 0.3) is 0 Å². The summed E-state index contributed by atoms with van der Waals surface area (Å²) >= 11 is 5.82. The molecule has 1 aromatic carbocycles. The highest BCUT2D eigenvalue weighted by atomic mass is 35.5.